The first-order valence-corrected chi connectivity index (χ1v) is 7.38. The van der Waals surface area contributed by atoms with E-state index in [4.69, 9.17) is 0 Å². The van der Waals surface area contributed by atoms with Crippen LogP contribution in [0.5, 0.6) is 0 Å². The van der Waals surface area contributed by atoms with Crippen molar-refractivity contribution in [1.29, 1.82) is 0 Å². The van der Waals surface area contributed by atoms with Crippen LogP contribution in [0.3, 0.4) is 0 Å². The van der Waals surface area contributed by atoms with Crippen molar-refractivity contribution in [3.8, 4) is 0 Å². The molecule has 0 spiro atoms. The van der Waals surface area contributed by atoms with Crippen LogP contribution in [0, 0.1) is 0 Å². The highest BCUT2D eigenvalue weighted by molar-refractivity contribution is 5.45. The summed E-state index contributed by atoms with van der Waals surface area (Å²) in [6.07, 6.45) is 2.63. The number of piperazine rings is 1. The van der Waals surface area contributed by atoms with Gasteiger partial charge in [0.25, 0.3) is 5.56 Å². The van der Waals surface area contributed by atoms with Gasteiger partial charge in [0, 0.05) is 38.6 Å². The highest BCUT2D eigenvalue weighted by Gasteiger charge is 2.24. The maximum atomic E-state index is 12.1. The van der Waals surface area contributed by atoms with Crippen molar-refractivity contribution in [2.45, 2.75) is 25.3 Å². The number of nitrogens with one attached hydrogen (secondary N) is 2. The normalized spacial score (nSPS) is 24.2. The number of nitrogens with zero attached hydrogens (tertiary/aromatic N) is 3. The molecule has 0 saturated carbocycles. The van der Waals surface area contributed by atoms with Crippen LogP contribution in [0.15, 0.2) is 4.79 Å². The zero-order valence-corrected chi connectivity index (χ0v) is 12.3. The number of hydrogen-bond donors (Lipinski definition) is 2. The summed E-state index contributed by atoms with van der Waals surface area (Å²) in [4.78, 5) is 24.4. The first-order chi connectivity index (χ1) is 9.63. The van der Waals surface area contributed by atoms with Gasteiger partial charge < -0.3 is 20.1 Å². The molecule has 0 aromatic carbocycles. The minimum atomic E-state index is 0.0315. The van der Waals surface area contributed by atoms with Gasteiger partial charge >= 0.3 is 0 Å². The van der Waals surface area contributed by atoms with Crippen molar-refractivity contribution in [3.05, 3.63) is 21.7 Å². The molecule has 2 N–H and O–H groups in total. The maximum absolute atomic E-state index is 12.1. The molecule has 0 amide bonds. The molecule has 6 heteroatoms. The van der Waals surface area contributed by atoms with Crippen LogP contribution in [0.4, 0.5) is 5.82 Å². The lowest BCUT2D eigenvalue weighted by atomic mass is 10.1. The minimum absolute atomic E-state index is 0.0315. The van der Waals surface area contributed by atoms with E-state index < -0.39 is 0 Å². The predicted octanol–water partition coefficient (Wildman–Crippen LogP) is -0.0837. The lowest BCUT2D eigenvalue weighted by molar-refractivity contribution is 0.113. The number of aromatic amines is 1. The number of rotatable bonds is 2. The summed E-state index contributed by atoms with van der Waals surface area (Å²) in [5.74, 6) is 1.59. The smallest absolute Gasteiger partial charge is 0.256 e. The van der Waals surface area contributed by atoms with E-state index in [0.29, 0.717) is 6.04 Å². The van der Waals surface area contributed by atoms with Crippen molar-refractivity contribution in [2.24, 2.45) is 0 Å². The van der Waals surface area contributed by atoms with E-state index in [1.165, 1.54) is 0 Å². The van der Waals surface area contributed by atoms with Crippen LogP contribution in [0.25, 0.3) is 0 Å². The molecule has 1 atom stereocenters. The molecule has 6 nitrogen and oxygen atoms in total. The van der Waals surface area contributed by atoms with E-state index in [9.17, 15) is 4.79 Å². The average Bonchev–Trinajstić information content (AvgIpc) is 2.43. The minimum Gasteiger partial charge on any atom is -0.370 e. The average molecular weight is 277 g/mol. The van der Waals surface area contributed by atoms with E-state index in [-0.39, 0.29) is 5.56 Å². The molecule has 20 heavy (non-hydrogen) atoms. The Morgan fingerprint density at radius 1 is 1.35 bits per heavy atom. The Hall–Kier alpha value is -1.40. The van der Waals surface area contributed by atoms with Crippen molar-refractivity contribution in [2.75, 3.05) is 45.6 Å². The Kier molecular flexibility index (Phi) is 3.76. The Morgan fingerprint density at radius 2 is 2.20 bits per heavy atom. The SMILES string of the molecule is CN1CCN(C)C(Cc2nc3c(c(=O)[nH]2)CCCN3)C1. The molecule has 0 bridgehead atoms. The van der Waals surface area contributed by atoms with Crippen molar-refractivity contribution in [3.63, 3.8) is 0 Å². The van der Waals surface area contributed by atoms with Gasteiger partial charge in [0.2, 0.25) is 0 Å². The molecular formula is C14H23N5O. The highest BCUT2D eigenvalue weighted by atomic mass is 16.1. The molecule has 1 saturated heterocycles. The third kappa shape index (κ3) is 2.71. The fourth-order valence-electron chi connectivity index (χ4n) is 3.04. The summed E-state index contributed by atoms with van der Waals surface area (Å²) >= 11 is 0. The summed E-state index contributed by atoms with van der Waals surface area (Å²) < 4.78 is 0. The number of H-pyrrole nitrogens is 1. The molecule has 0 radical (unpaired) electrons. The lowest BCUT2D eigenvalue weighted by Crippen LogP contribution is -2.51. The van der Waals surface area contributed by atoms with Crippen LogP contribution >= 0.6 is 0 Å². The lowest BCUT2D eigenvalue weighted by Gasteiger charge is -2.37. The van der Waals surface area contributed by atoms with Crippen LogP contribution in [-0.4, -0.2) is 66.1 Å². The molecule has 1 unspecified atom stereocenters. The zero-order chi connectivity index (χ0) is 14.1. The summed E-state index contributed by atoms with van der Waals surface area (Å²) in [7, 11) is 4.29. The fourth-order valence-corrected chi connectivity index (χ4v) is 3.04. The molecule has 3 rings (SSSR count). The molecule has 2 aliphatic heterocycles. The van der Waals surface area contributed by atoms with E-state index in [1.54, 1.807) is 0 Å². The van der Waals surface area contributed by atoms with Crippen LogP contribution in [0.1, 0.15) is 17.8 Å². The molecule has 2 aliphatic rings. The van der Waals surface area contributed by atoms with Gasteiger partial charge in [-0.2, -0.15) is 0 Å². The van der Waals surface area contributed by atoms with Crippen LogP contribution < -0.4 is 10.9 Å². The second kappa shape index (κ2) is 5.54. The fraction of sp³-hybridized carbons (Fsp3) is 0.714. The quantitative estimate of drug-likeness (QED) is 0.791. The third-order valence-corrected chi connectivity index (χ3v) is 4.37. The number of likely N-dealkylation sites (N-methyl/N-ethyl adjacent to an activating group) is 2. The Labute approximate surface area is 119 Å². The van der Waals surface area contributed by atoms with Crippen LogP contribution in [0.2, 0.25) is 0 Å². The summed E-state index contributed by atoms with van der Waals surface area (Å²) in [6, 6.07) is 0.415. The second-order valence-electron chi connectivity index (χ2n) is 5.97. The number of anilines is 1. The first-order valence-electron chi connectivity index (χ1n) is 7.38. The third-order valence-electron chi connectivity index (χ3n) is 4.37. The molecule has 110 valence electrons. The van der Waals surface area contributed by atoms with Crippen LogP contribution in [-0.2, 0) is 12.8 Å². The molecule has 3 heterocycles. The largest absolute Gasteiger partial charge is 0.370 e. The Morgan fingerprint density at radius 3 is 3.05 bits per heavy atom. The topological polar surface area (TPSA) is 64.3 Å². The van der Waals surface area contributed by atoms with Crippen molar-refractivity contribution in [1.82, 2.24) is 19.8 Å². The molecule has 1 aromatic rings. The highest BCUT2D eigenvalue weighted by Crippen LogP contribution is 2.16. The van der Waals surface area contributed by atoms with Gasteiger partial charge in [-0.1, -0.05) is 0 Å². The molecule has 1 fully saturated rings. The second-order valence-corrected chi connectivity index (χ2v) is 5.97. The molecule has 1 aromatic heterocycles. The monoisotopic (exact) mass is 277 g/mol. The number of fused-ring (bicyclic) bond motifs is 1. The van der Waals surface area contributed by atoms with Gasteiger partial charge in [-0.05, 0) is 26.9 Å². The van der Waals surface area contributed by atoms with E-state index >= 15 is 0 Å². The van der Waals surface area contributed by atoms with Crippen molar-refractivity contribution < 1.29 is 0 Å². The Balaban J connectivity index is 1.80. The molecular weight excluding hydrogens is 254 g/mol. The molecule has 0 aliphatic carbocycles. The van der Waals surface area contributed by atoms with Gasteiger partial charge in [-0.25, -0.2) is 4.98 Å². The van der Waals surface area contributed by atoms with Gasteiger partial charge in [0.1, 0.15) is 11.6 Å². The van der Waals surface area contributed by atoms with E-state index in [0.717, 1.165) is 62.6 Å². The summed E-state index contributed by atoms with van der Waals surface area (Å²) in [5.41, 5.74) is 0.845. The van der Waals surface area contributed by atoms with Gasteiger partial charge in [-0.15, -0.1) is 0 Å². The van der Waals surface area contributed by atoms with Crippen molar-refractivity contribution >= 4 is 5.82 Å². The Bertz CT molecular complexity index is 541. The standard InChI is InChI=1S/C14H23N5O/c1-18-6-7-19(2)10(9-18)8-12-16-13-11(14(20)17-12)4-3-5-15-13/h10H,3-9H2,1-2H3,(H2,15,16,17,20). The summed E-state index contributed by atoms with van der Waals surface area (Å²) in [5, 5.41) is 3.25. The van der Waals surface area contributed by atoms with E-state index in [2.05, 4.69) is 39.2 Å². The zero-order valence-electron chi connectivity index (χ0n) is 12.3. The number of aromatic nitrogens is 2. The maximum Gasteiger partial charge on any atom is 0.256 e. The van der Waals surface area contributed by atoms with E-state index in [1.807, 2.05) is 0 Å². The van der Waals surface area contributed by atoms with Gasteiger partial charge in [0.05, 0.1) is 5.56 Å². The van der Waals surface area contributed by atoms with Gasteiger partial charge in [-0.3, -0.25) is 4.79 Å². The van der Waals surface area contributed by atoms with Gasteiger partial charge in [0.15, 0.2) is 0 Å². The predicted molar refractivity (Wildman–Crippen MR) is 79.3 cm³/mol. The summed E-state index contributed by atoms with van der Waals surface area (Å²) in [6.45, 7) is 4.09. The number of hydrogen-bond acceptors (Lipinski definition) is 5. The first kappa shape index (κ1) is 13.6.